The number of furan rings is 1. The van der Waals surface area contributed by atoms with E-state index in [1.165, 1.54) is 25.7 Å². The molecular formula is C19H32N4O. The third kappa shape index (κ3) is 4.32. The highest BCUT2D eigenvalue weighted by atomic mass is 16.3. The fourth-order valence-corrected chi connectivity index (χ4v) is 3.90. The van der Waals surface area contributed by atoms with Gasteiger partial charge < -0.3 is 14.6 Å². The van der Waals surface area contributed by atoms with E-state index in [-0.39, 0.29) is 6.04 Å². The molecule has 2 aliphatic rings. The van der Waals surface area contributed by atoms with Gasteiger partial charge in [0, 0.05) is 19.6 Å². The first-order chi connectivity index (χ1) is 11.8. The molecule has 0 aromatic carbocycles. The summed E-state index contributed by atoms with van der Waals surface area (Å²) in [7, 11) is 0. The summed E-state index contributed by atoms with van der Waals surface area (Å²) in [5.74, 6) is 2.87. The second-order valence-corrected chi connectivity index (χ2v) is 7.16. The highest BCUT2D eigenvalue weighted by molar-refractivity contribution is 5.80. The standard InChI is InChI=1S/C19H32N4O/c1-3-20-19(23-12-6-8-16(2)15-23)21-14-17(18-9-7-13-24-18)22-10-4-5-11-22/h7,9,13,16-17H,3-6,8,10-12,14-15H2,1-2H3,(H,20,21). The summed E-state index contributed by atoms with van der Waals surface area (Å²) in [6, 6.07) is 4.34. The van der Waals surface area contributed by atoms with Gasteiger partial charge in [0.25, 0.3) is 0 Å². The van der Waals surface area contributed by atoms with Crippen molar-refractivity contribution in [2.45, 2.75) is 45.6 Å². The number of hydrogen-bond donors (Lipinski definition) is 1. The van der Waals surface area contributed by atoms with Crippen LogP contribution < -0.4 is 5.32 Å². The quantitative estimate of drug-likeness (QED) is 0.665. The van der Waals surface area contributed by atoms with Gasteiger partial charge in [-0.15, -0.1) is 0 Å². The fraction of sp³-hybridized carbons (Fsp3) is 0.737. The van der Waals surface area contributed by atoms with Crippen LogP contribution in [0, 0.1) is 5.92 Å². The number of aliphatic imine (C=N–C) groups is 1. The van der Waals surface area contributed by atoms with E-state index in [0.29, 0.717) is 0 Å². The molecule has 0 aliphatic carbocycles. The van der Waals surface area contributed by atoms with Crippen molar-refractivity contribution in [3.63, 3.8) is 0 Å². The van der Waals surface area contributed by atoms with Gasteiger partial charge >= 0.3 is 0 Å². The van der Waals surface area contributed by atoms with E-state index < -0.39 is 0 Å². The molecule has 3 heterocycles. The Morgan fingerprint density at radius 1 is 1.33 bits per heavy atom. The number of rotatable bonds is 5. The summed E-state index contributed by atoms with van der Waals surface area (Å²) in [5, 5.41) is 3.49. The van der Waals surface area contributed by atoms with Crippen LogP contribution in [-0.2, 0) is 0 Å². The van der Waals surface area contributed by atoms with Crippen molar-refractivity contribution in [1.29, 1.82) is 0 Å². The lowest BCUT2D eigenvalue weighted by Gasteiger charge is -2.34. The minimum absolute atomic E-state index is 0.262. The first-order valence-electron chi connectivity index (χ1n) is 9.58. The Morgan fingerprint density at radius 3 is 2.83 bits per heavy atom. The molecule has 24 heavy (non-hydrogen) atoms. The van der Waals surface area contributed by atoms with Crippen LogP contribution in [0.2, 0.25) is 0 Å². The van der Waals surface area contributed by atoms with Gasteiger partial charge in [0.05, 0.1) is 18.8 Å². The summed E-state index contributed by atoms with van der Waals surface area (Å²) in [5.41, 5.74) is 0. The van der Waals surface area contributed by atoms with Gasteiger partial charge in [0.2, 0.25) is 0 Å². The summed E-state index contributed by atoms with van der Waals surface area (Å²) in [6.45, 7) is 10.7. The molecule has 0 radical (unpaired) electrons. The molecule has 134 valence electrons. The number of nitrogens with one attached hydrogen (secondary N) is 1. The lowest BCUT2D eigenvalue weighted by Crippen LogP contribution is -2.46. The molecule has 2 saturated heterocycles. The average molecular weight is 332 g/mol. The van der Waals surface area contributed by atoms with Crippen LogP contribution in [-0.4, -0.2) is 55.0 Å². The Labute approximate surface area is 146 Å². The van der Waals surface area contributed by atoms with Crippen LogP contribution in [0.15, 0.2) is 27.8 Å². The van der Waals surface area contributed by atoms with Crippen molar-refractivity contribution < 1.29 is 4.42 Å². The Hall–Kier alpha value is -1.49. The van der Waals surface area contributed by atoms with Crippen LogP contribution in [0.1, 0.15) is 51.3 Å². The van der Waals surface area contributed by atoms with E-state index in [4.69, 9.17) is 9.41 Å². The van der Waals surface area contributed by atoms with Gasteiger partial charge in [-0.25, -0.2) is 0 Å². The van der Waals surface area contributed by atoms with Gasteiger partial charge in [-0.2, -0.15) is 0 Å². The SMILES string of the molecule is CCNC(=NCC(c1ccco1)N1CCCC1)N1CCCC(C)C1. The maximum absolute atomic E-state index is 5.72. The number of nitrogens with zero attached hydrogens (tertiary/aromatic N) is 3. The zero-order chi connectivity index (χ0) is 16.8. The van der Waals surface area contributed by atoms with Crippen molar-refractivity contribution in [2.75, 3.05) is 39.3 Å². The van der Waals surface area contributed by atoms with Crippen molar-refractivity contribution in [3.8, 4) is 0 Å². The molecule has 1 aromatic heterocycles. The van der Waals surface area contributed by atoms with E-state index >= 15 is 0 Å². The van der Waals surface area contributed by atoms with Gasteiger partial charge in [-0.05, 0) is 63.7 Å². The summed E-state index contributed by atoms with van der Waals surface area (Å²) in [6.07, 6.45) is 6.94. The first kappa shape index (κ1) is 17.3. The summed E-state index contributed by atoms with van der Waals surface area (Å²) >= 11 is 0. The van der Waals surface area contributed by atoms with Crippen molar-refractivity contribution in [2.24, 2.45) is 10.9 Å². The maximum Gasteiger partial charge on any atom is 0.193 e. The number of guanidine groups is 1. The lowest BCUT2D eigenvalue weighted by molar-refractivity contribution is 0.219. The molecular weight excluding hydrogens is 300 g/mol. The van der Waals surface area contributed by atoms with Gasteiger partial charge in [0.15, 0.2) is 5.96 Å². The van der Waals surface area contributed by atoms with E-state index in [2.05, 4.69) is 35.0 Å². The van der Waals surface area contributed by atoms with E-state index in [1.807, 2.05) is 6.07 Å². The Balaban J connectivity index is 1.72. The Bertz CT molecular complexity index is 507. The molecule has 0 bridgehead atoms. The minimum Gasteiger partial charge on any atom is -0.468 e. The summed E-state index contributed by atoms with van der Waals surface area (Å²) in [4.78, 5) is 9.95. The third-order valence-electron chi connectivity index (χ3n) is 5.16. The molecule has 1 N–H and O–H groups in total. The molecule has 5 nitrogen and oxygen atoms in total. The zero-order valence-corrected chi connectivity index (χ0v) is 15.2. The molecule has 2 aliphatic heterocycles. The zero-order valence-electron chi connectivity index (χ0n) is 15.2. The smallest absolute Gasteiger partial charge is 0.193 e. The predicted molar refractivity (Wildman–Crippen MR) is 98.2 cm³/mol. The van der Waals surface area contributed by atoms with Crippen LogP contribution in [0.25, 0.3) is 0 Å². The van der Waals surface area contributed by atoms with Crippen LogP contribution >= 0.6 is 0 Å². The van der Waals surface area contributed by atoms with E-state index in [1.54, 1.807) is 6.26 Å². The van der Waals surface area contributed by atoms with Gasteiger partial charge in [0.1, 0.15) is 5.76 Å². The second-order valence-electron chi connectivity index (χ2n) is 7.16. The Morgan fingerprint density at radius 2 is 2.17 bits per heavy atom. The van der Waals surface area contributed by atoms with E-state index in [0.717, 1.165) is 56.9 Å². The molecule has 2 atom stereocenters. The molecule has 0 amide bonds. The number of hydrogen-bond acceptors (Lipinski definition) is 3. The summed E-state index contributed by atoms with van der Waals surface area (Å²) < 4.78 is 5.72. The minimum atomic E-state index is 0.262. The van der Waals surface area contributed by atoms with Crippen molar-refractivity contribution in [3.05, 3.63) is 24.2 Å². The predicted octanol–water partition coefficient (Wildman–Crippen LogP) is 3.11. The van der Waals surface area contributed by atoms with Crippen molar-refractivity contribution in [1.82, 2.24) is 15.1 Å². The molecule has 2 unspecified atom stereocenters. The lowest BCUT2D eigenvalue weighted by atomic mass is 10.0. The average Bonchev–Trinajstić information content (AvgIpc) is 3.28. The van der Waals surface area contributed by atoms with E-state index in [9.17, 15) is 0 Å². The normalized spacial score (nSPS) is 24.3. The first-order valence-corrected chi connectivity index (χ1v) is 9.58. The second kappa shape index (κ2) is 8.56. The number of piperidine rings is 1. The van der Waals surface area contributed by atoms with Crippen LogP contribution in [0.4, 0.5) is 0 Å². The molecule has 1 aromatic rings. The van der Waals surface area contributed by atoms with Gasteiger partial charge in [-0.3, -0.25) is 9.89 Å². The van der Waals surface area contributed by atoms with Crippen molar-refractivity contribution >= 4 is 5.96 Å². The molecule has 0 spiro atoms. The largest absolute Gasteiger partial charge is 0.468 e. The van der Waals surface area contributed by atoms with Gasteiger partial charge in [-0.1, -0.05) is 6.92 Å². The molecule has 3 rings (SSSR count). The maximum atomic E-state index is 5.72. The Kier molecular flexibility index (Phi) is 6.18. The topological polar surface area (TPSA) is 44.0 Å². The number of likely N-dealkylation sites (tertiary alicyclic amines) is 2. The molecule has 0 saturated carbocycles. The highest BCUT2D eigenvalue weighted by Gasteiger charge is 2.26. The molecule has 5 heteroatoms. The van der Waals surface area contributed by atoms with Crippen LogP contribution in [0.5, 0.6) is 0 Å². The molecule has 2 fully saturated rings. The highest BCUT2D eigenvalue weighted by Crippen LogP contribution is 2.26. The monoisotopic (exact) mass is 332 g/mol. The third-order valence-corrected chi connectivity index (χ3v) is 5.16. The fourth-order valence-electron chi connectivity index (χ4n) is 3.90. The van der Waals surface area contributed by atoms with Crippen LogP contribution in [0.3, 0.4) is 0 Å².